The zero-order chi connectivity index (χ0) is 19.9. The number of amides is 2. The molecule has 28 heavy (non-hydrogen) atoms. The maximum Gasteiger partial charge on any atom is 0.251 e. The van der Waals surface area contributed by atoms with E-state index in [4.69, 9.17) is 11.6 Å². The Balaban J connectivity index is 1.31. The molecule has 7 heteroatoms. The molecule has 1 aliphatic heterocycles. The van der Waals surface area contributed by atoms with Gasteiger partial charge in [0.15, 0.2) is 0 Å². The van der Waals surface area contributed by atoms with Crippen LogP contribution in [0.3, 0.4) is 0 Å². The molecule has 1 aliphatic carbocycles. The van der Waals surface area contributed by atoms with E-state index in [1.165, 1.54) is 31.0 Å². The van der Waals surface area contributed by atoms with E-state index in [-0.39, 0.29) is 28.3 Å². The third kappa shape index (κ3) is 6.17. The SMILES string of the molecule is O=C(NCC1CCN(CCNC(=O)C2CCCC2)CC1)c1cc(F)cc(Cl)c1. The monoisotopic (exact) mass is 409 g/mol. The quantitative estimate of drug-likeness (QED) is 0.726. The number of carbonyl (C=O) groups excluding carboxylic acids is 2. The second-order valence-electron chi connectivity index (χ2n) is 7.93. The summed E-state index contributed by atoms with van der Waals surface area (Å²) in [6.45, 7) is 4.09. The number of benzene rings is 1. The summed E-state index contributed by atoms with van der Waals surface area (Å²) in [7, 11) is 0. The van der Waals surface area contributed by atoms with Gasteiger partial charge in [-0.2, -0.15) is 0 Å². The summed E-state index contributed by atoms with van der Waals surface area (Å²) in [6.07, 6.45) is 6.42. The highest BCUT2D eigenvalue weighted by atomic mass is 35.5. The van der Waals surface area contributed by atoms with Crippen molar-refractivity contribution in [2.75, 3.05) is 32.7 Å². The van der Waals surface area contributed by atoms with Crippen LogP contribution in [0.25, 0.3) is 0 Å². The molecule has 1 aromatic rings. The molecule has 0 unspecified atom stereocenters. The maximum absolute atomic E-state index is 13.4. The van der Waals surface area contributed by atoms with Crippen LogP contribution in [0.1, 0.15) is 48.9 Å². The van der Waals surface area contributed by atoms with Gasteiger partial charge in [-0.25, -0.2) is 4.39 Å². The molecule has 1 aromatic carbocycles. The molecule has 1 saturated carbocycles. The number of nitrogens with zero attached hydrogens (tertiary/aromatic N) is 1. The Hall–Kier alpha value is -1.66. The van der Waals surface area contributed by atoms with Gasteiger partial charge in [0.25, 0.3) is 5.91 Å². The molecule has 0 aromatic heterocycles. The smallest absolute Gasteiger partial charge is 0.251 e. The van der Waals surface area contributed by atoms with Crippen molar-refractivity contribution in [3.05, 3.63) is 34.6 Å². The minimum Gasteiger partial charge on any atom is -0.355 e. The van der Waals surface area contributed by atoms with E-state index in [0.29, 0.717) is 19.0 Å². The molecular weight excluding hydrogens is 381 g/mol. The molecule has 2 aliphatic rings. The first-order chi connectivity index (χ1) is 13.5. The summed E-state index contributed by atoms with van der Waals surface area (Å²) < 4.78 is 13.4. The average molecular weight is 410 g/mol. The van der Waals surface area contributed by atoms with E-state index in [9.17, 15) is 14.0 Å². The summed E-state index contributed by atoms with van der Waals surface area (Å²) >= 11 is 5.81. The second-order valence-corrected chi connectivity index (χ2v) is 8.36. The molecule has 0 spiro atoms. The lowest BCUT2D eigenvalue weighted by Crippen LogP contribution is -2.42. The fourth-order valence-electron chi connectivity index (χ4n) is 4.11. The fourth-order valence-corrected chi connectivity index (χ4v) is 4.33. The number of halogens is 2. The standard InChI is InChI=1S/C21H29ClFN3O2/c22-18-11-17(12-19(23)13-18)21(28)25-14-15-5-8-26(9-6-15)10-7-24-20(27)16-3-1-2-4-16/h11-13,15-16H,1-10,14H2,(H,24,27)(H,25,28). The van der Waals surface area contributed by atoms with Crippen molar-refractivity contribution in [2.24, 2.45) is 11.8 Å². The van der Waals surface area contributed by atoms with Gasteiger partial charge >= 0.3 is 0 Å². The molecule has 2 amide bonds. The zero-order valence-electron chi connectivity index (χ0n) is 16.2. The molecule has 2 fully saturated rings. The lowest BCUT2D eigenvalue weighted by atomic mass is 9.96. The van der Waals surface area contributed by atoms with Crippen LogP contribution < -0.4 is 10.6 Å². The van der Waals surface area contributed by atoms with Crippen molar-refractivity contribution < 1.29 is 14.0 Å². The number of carbonyl (C=O) groups is 2. The predicted molar refractivity (Wildman–Crippen MR) is 108 cm³/mol. The highest BCUT2D eigenvalue weighted by molar-refractivity contribution is 6.31. The van der Waals surface area contributed by atoms with Gasteiger partial charge in [-0.15, -0.1) is 0 Å². The van der Waals surface area contributed by atoms with Gasteiger partial charge in [-0.05, 0) is 62.9 Å². The summed E-state index contributed by atoms with van der Waals surface area (Å²) in [4.78, 5) is 26.6. The van der Waals surface area contributed by atoms with Gasteiger partial charge in [0.2, 0.25) is 5.91 Å². The highest BCUT2D eigenvalue weighted by Gasteiger charge is 2.23. The molecule has 154 valence electrons. The van der Waals surface area contributed by atoms with Crippen LogP contribution in [0, 0.1) is 17.7 Å². The van der Waals surface area contributed by atoms with Crippen molar-refractivity contribution in [1.29, 1.82) is 0 Å². The predicted octanol–water partition coefficient (Wildman–Crippen LogP) is 3.23. The second kappa shape index (κ2) is 10.2. The Morgan fingerprint density at radius 2 is 1.79 bits per heavy atom. The van der Waals surface area contributed by atoms with Crippen molar-refractivity contribution >= 4 is 23.4 Å². The lowest BCUT2D eigenvalue weighted by molar-refractivity contribution is -0.124. The number of piperidine rings is 1. The summed E-state index contributed by atoms with van der Waals surface area (Å²) in [5.41, 5.74) is 0.250. The summed E-state index contributed by atoms with van der Waals surface area (Å²) in [5.74, 6) is 0.0524. The van der Waals surface area contributed by atoms with Gasteiger partial charge in [0.05, 0.1) is 0 Å². The molecule has 3 rings (SSSR count). The molecule has 1 saturated heterocycles. The minimum absolute atomic E-state index is 0.215. The van der Waals surface area contributed by atoms with Gasteiger partial charge in [-0.3, -0.25) is 9.59 Å². The van der Waals surface area contributed by atoms with Crippen LogP contribution in [0.5, 0.6) is 0 Å². The number of hydrogen-bond acceptors (Lipinski definition) is 3. The summed E-state index contributed by atoms with van der Waals surface area (Å²) in [6, 6.07) is 3.86. The van der Waals surface area contributed by atoms with E-state index in [1.54, 1.807) is 0 Å². The van der Waals surface area contributed by atoms with E-state index >= 15 is 0 Å². The van der Waals surface area contributed by atoms with Crippen LogP contribution in [-0.2, 0) is 4.79 Å². The number of hydrogen-bond donors (Lipinski definition) is 2. The van der Waals surface area contributed by atoms with Gasteiger partial charge in [0.1, 0.15) is 5.82 Å². The van der Waals surface area contributed by atoms with Crippen molar-refractivity contribution in [3.63, 3.8) is 0 Å². The minimum atomic E-state index is -0.508. The van der Waals surface area contributed by atoms with Crippen molar-refractivity contribution in [1.82, 2.24) is 15.5 Å². The normalized spacial score (nSPS) is 18.9. The fraction of sp³-hybridized carbons (Fsp3) is 0.619. The number of nitrogens with one attached hydrogen (secondary N) is 2. The first kappa shape index (κ1) is 21.1. The average Bonchev–Trinajstić information content (AvgIpc) is 3.21. The van der Waals surface area contributed by atoms with Crippen molar-refractivity contribution in [2.45, 2.75) is 38.5 Å². The number of likely N-dealkylation sites (tertiary alicyclic amines) is 1. The molecule has 5 nitrogen and oxygen atoms in total. The van der Waals surface area contributed by atoms with Crippen LogP contribution in [-0.4, -0.2) is 49.4 Å². The Morgan fingerprint density at radius 1 is 1.07 bits per heavy atom. The molecule has 1 heterocycles. The van der Waals surface area contributed by atoms with Crippen LogP contribution in [0.2, 0.25) is 5.02 Å². The topological polar surface area (TPSA) is 61.4 Å². The molecule has 0 atom stereocenters. The number of rotatable bonds is 7. The van der Waals surface area contributed by atoms with E-state index < -0.39 is 5.82 Å². The van der Waals surface area contributed by atoms with Crippen LogP contribution >= 0.6 is 11.6 Å². The molecule has 0 radical (unpaired) electrons. The molecular formula is C21H29ClFN3O2. The maximum atomic E-state index is 13.4. The van der Waals surface area contributed by atoms with Crippen molar-refractivity contribution in [3.8, 4) is 0 Å². The van der Waals surface area contributed by atoms with E-state index in [2.05, 4.69) is 15.5 Å². The first-order valence-corrected chi connectivity index (χ1v) is 10.6. The Bertz CT molecular complexity index is 666. The largest absolute Gasteiger partial charge is 0.355 e. The van der Waals surface area contributed by atoms with E-state index in [1.807, 2.05) is 0 Å². The van der Waals surface area contributed by atoms with Crippen LogP contribution in [0.15, 0.2) is 18.2 Å². The summed E-state index contributed by atoms with van der Waals surface area (Å²) in [5, 5.41) is 6.18. The van der Waals surface area contributed by atoms with Gasteiger partial charge < -0.3 is 15.5 Å². The van der Waals surface area contributed by atoms with Gasteiger partial charge in [-0.1, -0.05) is 24.4 Å². The third-order valence-corrected chi connectivity index (χ3v) is 6.05. The van der Waals surface area contributed by atoms with Gasteiger partial charge in [0, 0.05) is 36.1 Å². The first-order valence-electron chi connectivity index (χ1n) is 10.3. The Labute approximate surface area is 171 Å². The van der Waals surface area contributed by atoms with Crippen LogP contribution in [0.4, 0.5) is 4.39 Å². The Kier molecular flexibility index (Phi) is 7.68. The highest BCUT2D eigenvalue weighted by Crippen LogP contribution is 2.24. The van der Waals surface area contributed by atoms with E-state index in [0.717, 1.165) is 45.3 Å². The third-order valence-electron chi connectivity index (χ3n) is 5.84. The zero-order valence-corrected chi connectivity index (χ0v) is 16.9. The Morgan fingerprint density at radius 3 is 2.46 bits per heavy atom. The molecule has 0 bridgehead atoms. The molecule has 2 N–H and O–H groups in total. The lowest BCUT2D eigenvalue weighted by Gasteiger charge is -2.32.